The fourth-order valence-electron chi connectivity index (χ4n) is 3.58. The first kappa shape index (κ1) is 28.7. The van der Waals surface area contributed by atoms with Gasteiger partial charge in [-0.25, -0.2) is 9.79 Å². The largest absolute Gasteiger partial charge is 0.506 e. The monoisotopic (exact) mass is 671 g/mol. The number of benzene rings is 3. The smallest absolute Gasteiger partial charge is 0.344 e. The van der Waals surface area contributed by atoms with Gasteiger partial charge in [0, 0.05) is 10.0 Å². The van der Waals surface area contributed by atoms with E-state index < -0.39 is 11.9 Å². The second kappa shape index (κ2) is 13.1. The van der Waals surface area contributed by atoms with Gasteiger partial charge in [0.1, 0.15) is 23.0 Å². The Balaban J connectivity index is 1.65. The lowest BCUT2D eigenvalue weighted by Gasteiger charge is -2.14. The second-order valence-electron chi connectivity index (χ2n) is 8.09. The molecule has 0 saturated heterocycles. The number of halogens is 2. The Bertz CT molecular complexity index is 1480. The van der Waals surface area contributed by atoms with E-state index in [2.05, 4.69) is 36.9 Å². The molecule has 4 rings (SSSR count). The normalized spacial score (nSPS) is 15.1. The van der Waals surface area contributed by atoms with E-state index in [-0.39, 0.29) is 23.0 Å². The molecule has 0 aromatic heterocycles. The molecule has 0 aliphatic carbocycles. The highest BCUT2D eigenvalue weighted by Crippen LogP contribution is 2.42. The lowest BCUT2D eigenvalue weighted by molar-refractivity contribution is -0.138. The molecule has 10 heteroatoms. The third kappa shape index (κ3) is 7.00. The van der Waals surface area contributed by atoms with Crippen molar-refractivity contribution in [2.75, 3.05) is 13.7 Å². The Kier molecular flexibility index (Phi) is 9.66. The zero-order chi connectivity index (χ0) is 27.9. The van der Waals surface area contributed by atoms with Crippen molar-refractivity contribution in [3.63, 3.8) is 0 Å². The van der Waals surface area contributed by atoms with Crippen LogP contribution in [-0.2, 0) is 16.1 Å². The van der Waals surface area contributed by atoms with Gasteiger partial charge in [0.05, 0.1) is 23.1 Å². The number of nitrogens with zero attached hydrogens (tertiary/aromatic N) is 1. The highest BCUT2D eigenvalue weighted by molar-refractivity contribution is 9.10. The minimum absolute atomic E-state index is 0.0616. The van der Waals surface area contributed by atoms with Crippen LogP contribution in [0.2, 0.25) is 0 Å². The molecule has 7 nitrogen and oxygen atoms in total. The molecular formula is C29H23Br2NO6S. The van der Waals surface area contributed by atoms with Gasteiger partial charge in [0.2, 0.25) is 0 Å². The van der Waals surface area contributed by atoms with Crippen LogP contribution in [0, 0.1) is 0 Å². The molecule has 1 N–H and O–H groups in total. The van der Waals surface area contributed by atoms with Gasteiger partial charge >= 0.3 is 5.97 Å². The lowest BCUT2D eigenvalue weighted by Crippen LogP contribution is -2.14. The third-order valence-corrected chi connectivity index (χ3v) is 7.58. The van der Waals surface area contributed by atoms with Crippen molar-refractivity contribution in [2.24, 2.45) is 4.99 Å². The third-order valence-electron chi connectivity index (χ3n) is 5.44. The van der Waals surface area contributed by atoms with E-state index in [0.717, 1.165) is 21.8 Å². The minimum atomic E-state index is -0.763. The van der Waals surface area contributed by atoms with E-state index in [1.54, 1.807) is 55.5 Å². The predicted molar refractivity (Wildman–Crippen MR) is 159 cm³/mol. The summed E-state index contributed by atoms with van der Waals surface area (Å²) < 4.78 is 18.3. The van der Waals surface area contributed by atoms with Crippen molar-refractivity contribution in [3.8, 4) is 11.5 Å². The van der Waals surface area contributed by atoms with E-state index in [4.69, 9.17) is 14.2 Å². The average Bonchev–Trinajstić information content (AvgIpc) is 3.23. The van der Waals surface area contributed by atoms with Crippen molar-refractivity contribution in [3.05, 3.63) is 109 Å². The number of hydrogen-bond acceptors (Lipinski definition) is 7. The summed E-state index contributed by atoms with van der Waals surface area (Å²) in [7, 11) is 1.53. The van der Waals surface area contributed by atoms with Crippen LogP contribution >= 0.6 is 43.6 Å². The van der Waals surface area contributed by atoms with E-state index in [0.29, 0.717) is 38.6 Å². The highest BCUT2D eigenvalue weighted by atomic mass is 79.9. The first-order valence-corrected chi connectivity index (χ1v) is 14.1. The highest BCUT2D eigenvalue weighted by Gasteiger charge is 2.34. The number of esters is 1. The zero-order valence-electron chi connectivity index (χ0n) is 20.9. The maximum Gasteiger partial charge on any atom is 0.344 e. The van der Waals surface area contributed by atoms with Gasteiger partial charge in [-0.05, 0) is 76.5 Å². The molecule has 200 valence electrons. The molecular weight excluding hydrogens is 650 g/mol. The van der Waals surface area contributed by atoms with Gasteiger partial charge in [0.15, 0.2) is 11.5 Å². The number of amides is 1. The minimum Gasteiger partial charge on any atom is -0.506 e. The van der Waals surface area contributed by atoms with Crippen LogP contribution in [0.15, 0.2) is 96.9 Å². The van der Waals surface area contributed by atoms with Gasteiger partial charge < -0.3 is 19.3 Å². The molecule has 0 bridgehead atoms. The Labute approximate surface area is 246 Å². The van der Waals surface area contributed by atoms with Gasteiger partial charge in [-0.2, -0.15) is 0 Å². The van der Waals surface area contributed by atoms with E-state index in [9.17, 15) is 14.7 Å². The summed E-state index contributed by atoms with van der Waals surface area (Å²) in [6, 6.07) is 19.8. The topological polar surface area (TPSA) is 94.4 Å². The molecule has 0 unspecified atom stereocenters. The molecule has 0 fully saturated rings. The summed E-state index contributed by atoms with van der Waals surface area (Å²) in [4.78, 5) is 29.8. The molecule has 3 aromatic rings. The summed E-state index contributed by atoms with van der Waals surface area (Å²) in [6.45, 7) is 2.09. The maximum atomic E-state index is 12.7. The average molecular weight is 673 g/mol. The fourth-order valence-corrected chi connectivity index (χ4v) is 5.43. The summed E-state index contributed by atoms with van der Waals surface area (Å²) in [6.07, 6.45) is 1.67. The molecule has 0 atom stereocenters. The van der Waals surface area contributed by atoms with Gasteiger partial charge in [0.25, 0.3) is 5.91 Å². The number of carbonyl (C=O) groups is 2. The Hall–Kier alpha value is -3.34. The molecule has 1 aliphatic heterocycles. The summed E-state index contributed by atoms with van der Waals surface area (Å²) in [5.74, 6) is -0.627. The number of aliphatic hydroxyl groups excluding tert-OH is 1. The van der Waals surface area contributed by atoms with Crippen LogP contribution in [0.5, 0.6) is 11.5 Å². The number of thioether (sulfide) groups is 1. The Morgan fingerprint density at radius 2 is 1.77 bits per heavy atom. The molecule has 3 aromatic carbocycles. The van der Waals surface area contributed by atoms with Crippen LogP contribution in [0.3, 0.4) is 0 Å². The van der Waals surface area contributed by atoms with Crippen LogP contribution in [-0.4, -0.2) is 35.7 Å². The first-order valence-electron chi connectivity index (χ1n) is 11.7. The second-order valence-corrected chi connectivity index (χ2v) is 10.9. The molecule has 0 spiro atoms. The number of aliphatic hydroxyl groups is 1. The number of ether oxygens (including phenoxy) is 3. The number of rotatable bonds is 8. The molecule has 0 radical (unpaired) electrons. The first-order chi connectivity index (χ1) is 18.8. The van der Waals surface area contributed by atoms with Crippen molar-refractivity contribution in [2.45, 2.75) is 13.5 Å². The van der Waals surface area contributed by atoms with Gasteiger partial charge in [-0.3, -0.25) is 4.79 Å². The van der Waals surface area contributed by atoms with Crippen molar-refractivity contribution in [1.29, 1.82) is 0 Å². The Morgan fingerprint density at radius 3 is 2.44 bits per heavy atom. The lowest BCUT2D eigenvalue weighted by atomic mass is 10.1. The fraction of sp³-hybridized carbons (Fsp3) is 0.138. The van der Waals surface area contributed by atoms with Crippen molar-refractivity contribution >= 4 is 66.6 Å². The molecule has 39 heavy (non-hydrogen) atoms. The zero-order valence-corrected chi connectivity index (χ0v) is 24.9. The molecule has 1 heterocycles. The molecule has 0 saturated carbocycles. The standard InChI is InChI=1S/C29H23Br2NO6S/c1-3-37-29(35)24-25(33)23(39-28(24)32-27(34)19-7-5-4-6-8-19)15-18-13-21(31)26(22(14-18)36-2)38-16-17-9-11-20(30)12-10-17/h4-15,33H,3,16H2,1-2H3/b23-15-,32-28?. The van der Waals surface area contributed by atoms with Gasteiger partial charge in [-0.1, -0.05) is 58.0 Å². The van der Waals surface area contributed by atoms with Crippen LogP contribution in [0.4, 0.5) is 0 Å². The van der Waals surface area contributed by atoms with Crippen molar-refractivity contribution < 1.29 is 28.9 Å². The number of carbonyl (C=O) groups excluding carboxylic acids is 2. The summed E-state index contributed by atoms with van der Waals surface area (Å²) >= 11 is 7.98. The Morgan fingerprint density at radius 1 is 1.05 bits per heavy atom. The SMILES string of the molecule is CCOC(=O)C1=C(O)/C(=C/c2cc(Br)c(OCc3ccc(Br)cc3)c(OC)c2)SC1=NC(=O)c1ccccc1. The molecule has 1 aliphatic rings. The maximum absolute atomic E-state index is 12.7. The van der Waals surface area contributed by atoms with Crippen molar-refractivity contribution in [1.82, 2.24) is 0 Å². The summed E-state index contributed by atoms with van der Waals surface area (Å²) in [5.41, 5.74) is 1.85. The molecule has 1 amide bonds. The quantitative estimate of drug-likeness (QED) is 0.248. The van der Waals surface area contributed by atoms with Crippen LogP contribution in [0.25, 0.3) is 6.08 Å². The van der Waals surface area contributed by atoms with Gasteiger partial charge in [-0.15, -0.1) is 0 Å². The van der Waals surface area contributed by atoms with E-state index in [1.165, 1.54) is 7.11 Å². The number of aliphatic imine (C=N–C) groups is 1. The van der Waals surface area contributed by atoms with Crippen LogP contribution < -0.4 is 9.47 Å². The predicted octanol–water partition coefficient (Wildman–Crippen LogP) is 7.50. The van der Waals surface area contributed by atoms with E-state index >= 15 is 0 Å². The number of methoxy groups -OCH3 is 1. The van der Waals surface area contributed by atoms with Crippen LogP contribution in [0.1, 0.15) is 28.4 Å². The summed E-state index contributed by atoms with van der Waals surface area (Å²) in [5, 5.41) is 11.0. The van der Waals surface area contributed by atoms with E-state index in [1.807, 2.05) is 24.3 Å². The number of hydrogen-bond donors (Lipinski definition) is 1.